The maximum atomic E-state index is 8.03. The van der Waals surface area contributed by atoms with Gasteiger partial charge in [0.05, 0.1) is 6.61 Å². The van der Waals surface area contributed by atoms with E-state index in [1.165, 1.54) is 0 Å². The van der Waals surface area contributed by atoms with E-state index in [2.05, 4.69) is 0 Å². The highest BCUT2D eigenvalue weighted by atomic mass is 35.9. The Labute approximate surface area is 68.9 Å². The van der Waals surface area contributed by atoms with Gasteiger partial charge in [0.25, 0.3) is 0 Å². The zero-order valence-electron chi connectivity index (χ0n) is 4.38. The van der Waals surface area contributed by atoms with Gasteiger partial charge in [0.2, 0.25) is 6.85 Å². The van der Waals surface area contributed by atoms with Crippen LogP contribution in [0.1, 0.15) is 0 Å². The van der Waals surface area contributed by atoms with E-state index in [0.29, 0.717) is 12.4 Å². The largest absolute Gasteiger partial charge is 0.331 e. The standard InChI is InChI=1S/C3H4Cl2NOPS/c4-8(5)7-1-2-9-3-6/h1-2H2. The van der Waals surface area contributed by atoms with E-state index in [0.717, 1.165) is 11.8 Å². The summed E-state index contributed by atoms with van der Waals surface area (Å²) >= 11 is 11.7. The number of nitriles is 1. The zero-order chi connectivity index (χ0) is 7.11. The molecule has 6 heteroatoms. The van der Waals surface area contributed by atoms with E-state index in [9.17, 15) is 0 Å². The number of hydrogen-bond acceptors (Lipinski definition) is 3. The van der Waals surface area contributed by atoms with Crippen LogP contribution in [0.2, 0.25) is 0 Å². The molecule has 0 amide bonds. The van der Waals surface area contributed by atoms with Gasteiger partial charge in [-0.3, -0.25) is 0 Å². The fourth-order valence-electron chi connectivity index (χ4n) is 0.194. The van der Waals surface area contributed by atoms with Gasteiger partial charge >= 0.3 is 0 Å². The lowest BCUT2D eigenvalue weighted by Gasteiger charge is -1.98. The molecule has 2 nitrogen and oxygen atoms in total. The van der Waals surface area contributed by atoms with Crippen molar-refractivity contribution in [1.29, 1.82) is 5.26 Å². The van der Waals surface area contributed by atoms with Crippen LogP contribution < -0.4 is 0 Å². The Morgan fingerprint density at radius 3 is 2.78 bits per heavy atom. The van der Waals surface area contributed by atoms with Gasteiger partial charge in [-0.05, 0) is 34.2 Å². The van der Waals surface area contributed by atoms with Gasteiger partial charge in [-0.1, -0.05) is 0 Å². The van der Waals surface area contributed by atoms with Crippen molar-refractivity contribution in [3.05, 3.63) is 0 Å². The van der Waals surface area contributed by atoms with Crippen LogP contribution in [0.3, 0.4) is 0 Å². The quantitative estimate of drug-likeness (QED) is 0.401. The van der Waals surface area contributed by atoms with Crippen LogP contribution in [-0.2, 0) is 4.52 Å². The van der Waals surface area contributed by atoms with E-state index < -0.39 is 6.85 Å². The highest BCUT2D eigenvalue weighted by Crippen LogP contribution is 2.47. The first kappa shape index (κ1) is 9.81. The van der Waals surface area contributed by atoms with Crippen LogP contribution in [0.25, 0.3) is 0 Å². The Morgan fingerprint density at radius 2 is 2.33 bits per heavy atom. The zero-order valence-corrected chi connectivity index (χ0v) is 7.60. The number of hydrogen-bond donors (Lipinski definition) is 0. The van der Waals surface area contributed by atoms with Crippen LogP contribution in [0.5, 0.6) is 0 Å². The molecule has 0 spiro atoms. The van der Waals surface area contributed by atoms with Crippen LogP contribution >= 0.6 is 41.1 Å². The van der Waals surface area contributed by atoms with Crippen molar-refractivity contribution in [3.63, 3.8) is 0 Å². The molecule has 0 atom stereocenters. The number of nitrogens with zero attached hydrogens (tertiary/aromatic N) is 1. The van der Waals surface area contributed by atoms with Crippen molar-refractivity contribution >= 4 is 41.1 Å². The molecule has 0 bridgehead atoms. The third kappa shape index (κ3) is 8.81. The van der Waals surface area contributed by atoms with Gasteiger partial charge in [0.1, 0.15) is 5.40 Å². The second kappa shape index (κ2) is 6.92. The van der Waals surface area contributed by atoms with Crippen molar-refractivity contribution in [3.8, 4) is 5.40 Å². The van der Waals surface area contributed by atoms with Crippen molar-refractivity contribution in [2.45, 2.75) is 0 Å². The van der Waals surface area contributed by atoms with E-state index in [1.807, 2.05) is 5.40 Å². The summed E-state index contributed by atoms with van der Waals surface area (Å²) in [6.07, 6.45) is 0. The first-order chi connectivity index (χ1) is 4.27. The minimum Gasteiger partial charge on any atom is -0.331 e. The van der Waals surface area contributed by atoms with Gasteiger partial charge in [-0.2, -0.15) is 5.26 Å². The summed E-state index contributed by atoms with van der Waals surface area (Å²) in [4.78, 5) is 0. The summed E-state index contributed by atoms with van der Waals surface area (Å²) in [6, 6.07) is 0. The second-order valence-corrected chi connectivity index (χ2v) is 4.88. The summed E-state index contributed by atoms with van der Waals surface area (Å²) in [5.74, 6) is 0.620. The molecule has 52 valence electrons. The summed E-state index contributed by atoms with van der Waals surface area (Å²) in [6.45, 7) is -0.854. The summed E-state index contributed by atoms with van der Waals surface area (Å²) in [7, 11) is 0. The average molecular weight is 204 g/mol. The van der Waals surface area contributed by atoms with E-state index in [-0.39, 0.29) is 0 Å². The molecule has 0 aliphatic rings. The maximum absolute atomic E-state index is 8.03. The maximum Gasteiger partial charge on any atom is 0.225 e. The second-order valence-electron chi connectivity index (χ2n) is 0.975. The van der Waals surface area contributed by atoms with Crippen LogP contribution in [0.4, 0.5) is 0 Å². The summed E-state index contributed by atoms with van der Waals surface area (Å²) in [5.41, 5.74) is 0. The number of thiocyanates is 1. The van der Waals surface area contributed by atoms with Crippen molar-refractivity contribution in [2.24, 2.45) is 0 Å². The normalized spacial score (nSPS) is 9.56. The van der Waals surface area contributed by atoms with Crippen molar-refractivity contribution in [2.75, 3.05) is 12.4 Å². The fraction of sp³-hybridized carbons (Fsp3) is 0.667. The highest BCUT2D eigenvalue weighted by molar-refractivity contribution is 8.03. The van der Waals surface area contributed by atoms with Crippen molar-refractivity contribution in [1.82, 2.24) is 0 Å². The van der Waals surface area contributed by atoms with Gasteiger partial charge in [0, 0.05) is 5.75 Å². The molecule has 0 unspecified atom stereocenters. The van der Waals surface area contributed by atoms with E-state index >= 15 is 0 Å². The first-order valence-corrected chi connectivity index (χ1v) is 6.08. The molecule has 0 aliphatic carbocycles. The molecule has 0 rings (SSSR count). The summed E-state index contributed by atoms with van der Waals surface area (Å²) in [5, 5.41) is 9.93. The molecule has 0 heterocycles. The number of rotatable bonds is 4. The molecule has 0 radical (unpaired) electrons. The minimum absolute atomic E-state index is 0.441. The molecule has 0 aromatic rings. The SMILES string of the molecule is N#CSCCOP(Cl)Cl. The lowest BCUT2D eigenvalue weighted by molar-refractivity contribution is 0.398. The molecule has 0 aromatic heterocycles. The number of thioether (sulfide) groups is 1. The van der Waals surface area contributed by atoms with Crippen molar-refractivity contribution < 1.29 is 4.52 Å². The predicted octanol–water partition coefficient (Wildman–Crippen LogP) is 2.92. The molecular weight excluding hydrogens is 200 g/mol. The van der Waals surface area contributed by atoms with Crippen LogP contribution in [-0.4, -0.2) is 12.4 Å². The number of halogens is 2. The predicted molar refractivity (Wildman–Crippen MR) is 42.6 cm³/mol. The van der Waals surface area contributed by atoms with Gasteiger partial charge in [0.15, 0.2) is 0 Å². The Bertz CT molecular complexity index is 106. The molecule has 0 aromatic carbocycles. The Hall–Kier alpha value is 0.810. The Balaban J connectivity index is 2.85. The first-order valence-electron chi connectivity index (χ1n) is 2.03. The minimum atomic E-state index is -1.30. The molecule has 0 saturated carbocycles. The molecule has 9 heavy (non-hydrogen) atoms. The summed E-state index contributed by atoms with van der Waals surface area (Å²) < 4.78 is 4.77. The van der Waals surface area contributed by atoms with Crippen LogP contribution in [0.15, 0.2) is 0 Å². The average Bonchev–Trinajstić information content (AvgIpc) is 1.80. The third-order valence-electron chi connectivity index (χ3n) is 0.439. The Kier molecular flexibility index (Phi) is 7.55. The topological polar surface area (TPSA) is 33.0 Å². The molecule has 0 saturated heterocycles. The lowest BCUT2D eigenvalue weighted by Crippen LogP contribution is -1.86. The highest BCUT2D eigenvalue weighted by Gasteiger charge is 1.96. The Morgan fingerprint density at radius 1 is 1.67 bits per heavy atom. The van der Waals surface area contributed by atoms with E-state index in [4.69, 9.17) is 32.3 Å². The van der Waals surface area contributed by atoms with E-state index in [1.54, 1.807) is 0 Å². The smallest absolute Gasteiger partial charge is 0.225 e. The third-order valence-corrected chi connectivity index (χ3v) is 1.90. The monoisotopic (exact) mass is 203 g/mol. The molecule has 0 N–H and O–H groups in total. The van der Waals surface area contributed by atoms with Gasteiger partial charge in [-0.15, -0.1) is 0 Å². The van der Waals surface area contributed by atoms with Gasteiger partial charge in [-0.25, -0.2) is 0 Å². The molecule has 0 aliphatic heterocycles. The van der Waals surface area contributed by atoms with Gasteiger partial charge < -0.3 is 4.52 Å². The lowest BCUT2D eigenvalue weighted by atomic mass is 10.9. The molecule has 0 fully saturated rings. The van der Waals surface area contributed by atoms with Crippen LogP contribution in [0, 0.1) is 10.7 Å². The fourth-order valence-corrected chi connectivity index (χ4v) is 1.22. The molecular formula is C3H4Cl2NOPS.